The molecule has 2 N–H and O–H groups in total. The van der Waals surface area contributed by atoms with Crippen LogP contribution in [0.1, 0.15) is 16.2 Å². The van der Waals surface area contributed by atoms with Crippen LogP contribution in [0.4, 0.5) is 11.4 Å². The molecular formula is C18H14Cl2N4O. The van der Waals surface area contributed by atoms with Crippen LogP contribution in [-0.4, -0.2) is 15.9 Å². The lowest BCUT2D eigenvalue weighted by Gasteiger charge is -2.09. The Morgan fingerprint density at radius 3 is 2.60 bits per heavy atom. The molecule has 1 amide bonds. The molecule has 0 radical (unpaired) electrons. The summed E-state index contributed by atoms with van der Waals surface area (Å²) in [7, 11) is 0. The van der Waals surface area contributed by atoms with Crippen LogP contribution in [-0.2, 0) is 6.54 Å². The Hall–Kier alpha value is -2.63. The normalized spacial score (nSPS) is 10.3. The maximum absolute atomic E-state index is 12.3. The highest BCUT2D eigenvalue weighted by Gasteiger charge is 2.11. The van der Waals surface area contributed by atoms with E-state index in [1.165, 1.54) is 0 Å². The number of pyridine rings is 2. The average molecular weight is 373 g/mol. The van der Waals surface area contributed by atoms with Crippen LogP contribution in [0, 0.1) is 0 Å². The smallest absolute Gasteiger partial charge is 0.274 e. The van der Waals surface area contributed by atoms with Crippen molar-refractivity contribution in [2.24, 2.45) is 0 Å². The molecule has 0 spiro atoms. The molecule has 7 heteroatoms. The fourth-order valence-corrected chi connectivity index (χ4v) is 2.46. The number of nitrogens with one attached hydrogen (secondary N) is 2. The maximum Gasteiger partial charge on any atom is 0.274 e. The maximum atomic E-state index is 12.3. The van der Waals surface area contributed by atoms with Crippen molar-refractivity contribution in [3.05, 3.63) is 82.4 Å². The van der Waals surface area contributed by atoms with Crippen molar-refractivity contribution in [3.63, 3.8) is 0 Å². The van der Waals surface area contributed by atoms with Gasteiger partial charge in [0.25, 0.3) is 5.91 Å². The zero-order valence-corrected chi connectivity index (χ0v) is 14.6. The quantitative estimate of drug-likeness (QED) is 0.683. The first-order chi connectivity index (χ1) is 12.1. The summed E-state index contributed by atoms with van der Waals surface area (Å²) in [6, 6.07) is 14.2. The second kappa shape index (κ2) is 7.96. The van der Waals surface area contributed by atoms with Crippen LogP contribution in [0.15, 0.2) is 60.9 Å². The van der Waals surface area contributed by atoms with Gasteiger partial charge in [-0.2, -0.15) is 0 Å². The van der Waals surface area contributed by atoms with Gasteiger partial charge < -0.3 is 10.6 Å². The SMILES string of the molecule is O=C(Nc1cccc(Cl)c1Cl)c1ccc(NCc2ccccn2)cn1. The fraction of sp³-hybridized carbons (Fsp3) is 0.0556. The molecule has 0 aliphatic heterocycles. The second-order valence-electron chi connectivity index (χ2n) is 5.16. The predicted octanol–water partition coefficient (Wildman–Crippen LogP) is 4.65. The van der Waals surface area contributed by atoms with Gasteiger partial charge in [-0.25, -0.2) is 4.98 Å². The summed E-state index contributed by atoms with van der Waals surface area (Å²) in [4.78, 5) is 20.7. The highest BCUT2D eigenvalue weighted by atomic mass is 35.5. The van der Waals surface area contributed by atoms with E-state index >= 15 is 0 Å². The van der Waals surface area contributed by atoms with Gasteiger partial charge in [0.1, 0.15) is 5.69 Å². The third-order valence-corrected chi connectivity index (χ3v) is 4.21. The van der Waals surface area contributed by atoms with Crippen molar-refractivity contribution >= 4 is 40.5 Å². The zero-order chi connectivity index (χ0) is 17.6. The van der Waals surface area contributed by atoms with Gasteiger partial charge in [-0.15, -0.1) is 0 Å². The Balaban J connectivity index is 1.63. The number of hydrogen-bond acceptors (Lipinski definition) is 4. The number of anilines is 2. The molecule has 3 aromatic rings. The molecule has 3 rings (SSSR count). The summed E-state index contributed by atoms with van der Waals surface area (Å²) in [6.45, 7) is 0.576. The number of aromatic nitrogens is 2. The van der Waals surface area contributed by atoms with Gasteiger partial charge in [0.15, 0.2) is 0 Å². The molecule has 0 saturated heterocycles. The van der Waals surface area contributed by atoms with E-state index in [-0.39, 0.29) is 11.6 Å². The van der Waals surface area contributed by atoms with Crippen LogP contribution in [0.5, 0.6) is 0 Å². The van der Waals surface area contributed by atoms with Crippen LogP contribution in [0.3, 0.4) is 0 Å². The topological polar surface area (TPSA) is 66.9 Å². The summed E-state index contributed by atoms with van der Waals surface area (Å²) in [5, 5.41) is 6.57. The Morgan fingerprint density at radius 2 is 1.88 bits per heavy atom. The molecule has 2 aromatic heterocycles. The minimum atomic E-state index is -0.361. The summed E-state index contributed by atoms with van der Waals surface area (Å²) in [5.74, 6) is -0.361. The first-order valence-electron chi connectivity index (χ1n) is 7.48. The molecular weight excluding hydrogens is 359 g/mol. The highest BCUT2D eigenvalue weighted by Crippen LogP contribution is 2.29. The van der Waals surface area contributed by atoms with Gasteiger partial charge in [0, 0.05) is 6.20 Å². The van der Waals surface area contributed by atoms with Crippen LogP contribution < -0.4 is 10.6 Å². The van der Waals surface area contributed by atoms with E-state index in [4.69, 9.17) is 23.2 Å². The lowest BCUT2D eigenvalue weighted by Crippen LogP contribution is -2.14. The molecule has 0 bridgehead atoms. The third-order valence-electron chi connectivity index (χ3n) is 3.40. The number of benzene rings is 1. The fourth-order valence-electron chi connectivity index (χ4n) is 2.11. The monoisotopic (exact) mass is 372 g/mol. The van der Waals surface area contributed by atoms with E-state index < -0.39 is 0 Å². The molecule has 0 unspecified atom stereocenters. The standard InChI is InChI=1S/C18H14Cl2N4O/c19-14-5-3-6-15(17(14)20)24-18(25)16-8-7-13(11-23-16)22-10-12-4-1-2-9-21-12/h1-9,11,22H,10H2,(H,24,25). The van der Waals surface area contributed by atoms with Crippen molar-refractivity contribution < 1.29 is 4.79 Å². The Labute approximate surface area is 155 Å². The molecule has 0 atom stereocenters. The van der Waals surface area contributed by atoms with Gasteiger partial charge in [-0.1, -0.05) is 35.3 Å². The van der Waals surface area contributed by atoms with Gasteiger partial charge in [0.2, 0.25) is 0 Å². The number of rotatable bonds is 5. The lowest BCUT2D eigenvalue weighted by atomic mass is 10.2. The lowest BCUT2D eigenvalue weighted by molar-refractivity contribution is 0.102. The molecule has 25 heavy (non-hydrogen) atoms. The first kappa shape index (κ1) is 17.2. The first-order valence-corrected chi connectivity index (χ1v) is 8.24. The van der Waals surface area contributed by atoms with Gasteiger partial charge in [-0.3, -0.25) is 9.78 Å². The summed E-state index contributed by atoms with van der Waals surface area (Å²) in [6.07, 6.45) is 3.33. The molecule has 0 fully saturated rings. The van der Waals surface area contributed by atoms with E-state index in [2.05, 4.69) is 20.6 Å². The van der Waals surface area contributed by atoms with Crippen molar-refractivity contribution in [1.82, 2.24) is 9.97 Å². The zero-order valence-electron chi connectivity index (χ0n) is 13.0. The number of amides is 1. The number of hydrogen-bond donors (Lipinski definition) is 2. The molecule has 5 nitrogen and oxygen atoms in total. The Bertz CT molecular complexity index is 870. The summed E-state index contributed by atoms with van der Waals surface area (Å²) in [5.41, 5.74) is 2.43. The number of carbonyl (C=O) groups is 1. The highest BCUT2D eigenvalue weighted by molar-refractivity contribution is 6.44. The number of nitrogens with zero attached hydrogens (tertiary/aromatic N) is 2. The van der Waals surface area contributed by atoms with E-state index in [1.54, 1.807) is 42.7 Å². The van der Waals surface area contributed by atoms with Crippen LogP contribution in [0.25, 0.3) is 0 Å². The van der Waals surface area contributed by atoms with Crippen molar-refractivity contribution in [3.8, 4) is 0 Å². The Morgan fingerprint density at radius 1 is 1.00 bits per heavy atom. The Kier molecular flexibility index (Phi) is 5.48. The molecule has 0 saturated carbocycles. The van der Waals surface area contributed by atoms with Crippen LogP contribution >= 0.6 is 23.2 Å². The van der Waals surface area contributed by atoms with Gasteiger partial charge >= 0.3 is 0 Å². The molecule has 1 aromatic carbocycles. The predicted molar refractivity (Wildman–Crippen MR) is 100 cm³/mol. The largest absolute Gasteiger partial charge is 0.378 e. The third kappa shape index (κ3) is 4.47. The van der Waals surface area contributed by atoms with Crippen molar-refractivity contribution in [2.45, 2.75) is 6.54 Å². The number of halogens is 2. The van der Waals surface area contributed by atoms with Crippen LogP contribution in [0.2, 0.25) is 10.0 Å². The molecule has 126 valence electrons. The summed E-state index contributed by atoms with van der Waals surface area (Å²) < 4.78 is 0. The van der Waals surface area contributed by atoms with Gasteiger partial charge in [0.05, 0.1) is 39.9 Å². The van der Waals surface area contributed by atoms with Crippen molar-refractivity contribution in [2.75, 3.05) is 10.6 Å². The average Bonchev–Trinajstić information content (AvgIpc) is 2.65. The van der Waals surface area contributed by atoms with E-state index in [1.807, 2.05) is 18.2 Å². The van der Waals surface area contributed by atoms with E-state index in [0.29, 0.717) is 22.3 Å². The van der Waals surface area contributed by atoms with E-state index in [9.17, 15) is 4.79 Å². The minimum Gasteiger partial charge on any atom is -0.378 e. The minimum absolute atomic E-state index is 0.277. The number of carbonyl (C=O) groups excluding carboxylic acids is 1. The van der Waals surface area contributed by atoms with E-state index in [0.717, 1.165) is 11.4 Å². The molecule has 2 heterocycles. The van der Waals surface area contributed by atoms with Gasteiger partial charge in [-0.05, 0) is 36.4 Å². The molecule has 0 aliphatic carbocycles. The summed E-state index contributed by atoms with van der Waals surface area (Å²) >= 11 is 12.0. The molecule has 0 aliphatic rings. The van der Waals surface area contributed by atoms with Crippen molar-refractivity contribution in [1.29, 1.82) is 0 Å². The second-order valence-corrected chi connectivity index (χ2v) is 5.95.